The van der Waals surface area contributed by atoms with Crippen molar-refractivity contribution in [3.8, 4) is 0 Å². The zero-order chi connectivity index (χ0) is 15.3. The number of nitrogen functional groups attached to an aromatic ring is 2. The predicted molar refractivity (Wildman–Crippen MR) is 75.8 cm³/mol. The molecule has 10 heteroatoms. The molecule has 0 radical (unpaired) electrons. The first kappa shape index (κ1) is 16.0. The predicted octanol–water partition coefficient (Wildman–Crippen LogP) is -0.248. The van der Waals surface area contributed by atoms with E-state index >= 15 is 0 Å². The van der Waals surface area contributed by atoms with Crippen molar-refractivity contribution in [1.29, 1.82) is 0 Å². The Morgan fingerprint density at radius 3 is 2.20 bits per heavy atom. The molecular formula is C10H17N7O2S. The van der Waals surface area contributed by atoms with E-state index in [1.165, 1.54) is 0 Å². The number of nitrogens with one attached hydrogen (secondary N) is 2. The fourth-order valence-electron chi connectivity index (χ4n) is 1.12. The number of amides is 3. The number of thioether (sulfide) groups is 1. The molecule has 1 heterocycles. The van der Waals surface area contributed by atoms with Gasteiger partial charge in [-0.2, -0.15) is 15.0 Å². The third-order valence-corrected chi connectivity index (χ3v) is 2.57. The standard InChI is InChI=1S/C10H17N7O2S/c1-10(2,3)17-8(19)13-5(18)4-20-9-15-6(11)14-7(12)16-9/h4H2,1-3H3,(H2,13,17,18,19)(H4,11,12,14,15,16). The minimum Gasteiger partial charge on any atom is -0.368 e. The van der Waals surface area contributed by atoms with Crippen molar-refractivity contribution in [2.45, 2.75) is 31.5 Å². The fourth-order valence-corrected chi connectivity index (χ4v) is 1.77. The number of imide groups is 1. The van der Waals surface area contributed by atoms with Crippen molar-refractivity contribution in [2.24, 2.45) is 0 Å². The molecule has 1 aromatic rings. The van der Waals surface area contributed by atoms with Crippen molar-refractivity contribution in [2.75, 3.05) is 17.2 Å². The third kappa shape index (κ3) is 6.18. The summed E-state index contributed by atoms with van der Waals surface area (Å²) in [5.41, 5.74) is 10.4. The summed E-state index contributed by atoms with van der Waals surface area (Å²) in [6.07, 6.45) is 0. The van der Waals surface area contributed by atoms with E-state index in [-0.39, 0.29) is 22.8 Å². The van der Waals surface area contributed by atoms with Gasteiger partial charge in [-0.1, -0.05) is 11.8 Å². The lowest BCUT2D eigenvalue weighted by molar-refractivity contribution is -0.117. The van der Waals surface area contributed by atoms with Gasteiger partial charge in [0.15, 0.2) is 5.16 Å². The second-order valence-corrected chi connectivity index (χ2v) is 5.82. The van der Waals surface area contributed by atoms with Gasteiger partial charge in [0, 0.05) is 5.54 Å². The molecule has 0 saturated heterocycles. The molecule has 0 aliphatic carbocycles. The van der Waals surface area contributed by atoms with Crippen LogP contribution in [0.15, 0.2) is 5.16 Å². The summed E-state index contributed by atoms with van der Waals surface area (Å²) in [5.74, 6) is -0.563. The van der Waals surface area contributed by atoms with E-state index in [1.54, 1.807) is 0 Å². The maximum atomic E-state index is 11.6. The van der Waals surface area contributed by atoms with Crippen LogP contribution < -0.4 is 22.1 Å². The molecule has 1 rings (SSSR count). The first-order chi connectivity index (χ1) is 9.15. The van der Waals surface area contributed by atoms with Crippen LogP contribution in [-0.2, 0) is 4.79 Å². The Labute approximate surface area is 120 Å². The van der Waals surface area contributed by atoms with Gasteiger partial charge >= 0.3 is 6.03 Å². The summed E-state index contributed by atoms with van der Waals surface area (Å²) in [6, 6.07) is -0.558. The topological polar surface area (TPSA) is 149 Å². The molecule has 0 spiro atoms. The number of hydrogen-bond acceptors (Lipinski definition) is 8. The Morgan fingerprint density at radius 2 is 1.70 bits per heavy atom. The molecular weight excluding hydrogens is 282 g/mol. The molecule has 0 unspecified atom stereocenters. The number of anilines is 2. The van der Waals surface area contributed by atoms with Crippen LogP contribution >= 0.6 is 11.8 Å². The second-order valence-electron chi connectivity index (χ2n) is 4.88. The van der Waals surface area contributed by atoms with Crippen LogP contribution in [-0.4, -0.2) is 38.2 Å². The van der Waals surface area contributed by atoms with Crippen molar-refractivity contribution < 1.29 is 9.59 Å². The average molecular weight is 299 g/mol. The summed E-state index contributed by atoms with van der Waals surface area (Å²) in [6.45, 7) is 5.42. The molecule has 9 nitrogen and oxygen atoms in total. The van der Waals surface area contributed by atoms with Crippen molar-refractivity contribution in [3.63, 3.8) is 0 Å². The summed E-state index contributed by atoms with van der Waals surface area (Å²) < 4.78 is 0. The van der Waals surface area contributed by atoms with E-state index in [2.05, 4.69) is 25.6 Å². The highest BCUT2D eigenvalue weighted by atomic mass is 32.2. The zero-order valence-corrected chi connectivity index (χ0v) is 12.2. The number of nitrogens with two attached hydrogens (primary N) is 2. The van der Waals surface area contributed by atoms with Gasteiger partial charge in [-0.3, -0.25) is 10.1 Å². The Bertz CT molecular complexity index is 495. The molecule has 0 atom stereocenters. The summed E-state index contributed by atoms with van der Waals surface area (Å²) in [4.78, 5) is 34.2. The molecule has 110 valence electrons. The van der Waals surface area contributed by atoms with Gasteiger partial charge in [-0.05, 0) is 20.8 Å². The molecule has 0 bridgehead atoms. The third-order valence-electron chi connectivity index (χ3n) is 1.72. The van der Waals surface area contributed by atoms with Gasteiger partial charge in [0.2, 0.25) is 17.8 Å². The number of nitrogens with zero attached hydrogens (tertiary/aromatic N) is 3. The minimum absolute atomic E-state index is 0.0223. The lowest BCUT2D eigenvalue weighted by atomic mass is 10.1. The first-order valence-corrected chi connectivity index (χ1v) is 6.66. The molecule has 0 aliphatic heterocycles. The Hall–Kier alpha value is -2.10. The molecule has 0 aliphatic rings. The van der Waals surface area contributed by atoms with E-state index in [0.717, 1.165) is 11.8 Å². The van der Waals surface area contributed by atoms with Gasteiger partial charge < -0.3 is 16.8 Å². The van der Waals surface area contributed by atoms with Crippen LogP contribution in [0.25, 0.3) is 0 Å². The lowest BCUT2D eigenvalue weighted by Gasteiger charge is -2.20. The van der Waals surface area contributed by atoms with Crippen LogP contribution in [0.3, 0.4) is 0 Å². The van der Waals surface area contributed by atoms with E-state index in [9.17, 15) is 9.59 Å². The maximum Gasteiger partial charge on any atom is 0.321 e. The van der Waals surface area contributed by atoms with E-state index in [4.69, 9.17) is 11.5 Å². The molecule has 0 fully saturated rings. The highest BCUT2D eigenvalue weighted by molar-refractivity contribution is 7.99. The smallest absolute Gasteiger partial charge is 0.321 e. The number of carbonyl (C=O) groups is 2. The van der Waals surface area contributed by atoms with Crippen molar-refractivity contribution in [1.82, 2.24) is 25.6 Å². The molecule has 1 aromatic heterocycles. The second kappa shape index (κ2) is 6.37. The largest absolute Gasteiger partial charge is 0.368 e. The molecule has 6 N–H and O–H groups in total. The average Bonchev–Trinajstić information content (AvgIpc) is 2.22. The van der Waals surface area contributed by atoms with Gasteiger partial charge in [-0.25, -0.2) is 4.79 Å². The SMILES string of the molecule is CC(C)(C)NC(=O)NC(=O)CSc1nc(N)nc(N)n1. The maximum absolute atomic E-state index is 11.6. The van der Waals surface area contributed by atoms with Gasteiger partial charge in [0.1, 0.15) is 0 Å². The van der Waals surface area contributed by atoms with Crippen LogP contribution in [0.5, 0.6) is 0 Å². The molecule has 20 heavy (non-hydrogen) atoms. The normalized spacial score (nSPS) is 10.9. The summed E-state index contributed by atoms with van der Waals surface area (Å²) in [5, 5.41) is 5.02. The van der Waals surface area contributed by atoms with Gasteiger partial charge in [0.25, 0.3) is 0 Å². The fraction of sp³-hybridized carbons (Fsp3) is 0.500. The first-order valence-electron chi connectivity index (χ1n) is 5.67. The monoisotopic (exact) mass is 299 g/mol. The zero-order valence-electron chi connectivity index (χ0n) is 11.4. The number of carbonyl (C=O) groups excluding carboxylic acids is 2. The Kier molecular flexibility index (Phi) is 5.08. The highest BCUT2D eigenvalue weighted by Gasteiger charge is 2.16. The van der Waals surface area contributed by atoms with Crippen LogP contribution in [0, 0.1) is 0 Å². The van der Waals surface area contributed by atoms with Crippen LogP contribution in [0.2, 0.25) is 0 Å². The number of urea groups is 1. The van der Waals surface area contributed by atoms with Crippen molar-refractivity contribution in [3.05, 3.63) is 0 Å². The van der Waals surface area contributed by atoms with Crippen LogP contribution in [0.1, 0.15) is 20.8 Å². The summed E-state index contributed by atoms with van der Waals surface area (Å²) in [7, 11) is 0. The number of hydrogen-bond donors (Lipinski definition) is 4. The lowest BCUT2D eigenvalue weighted by Crippen LogP contribution is -2.48. The van der Waals surface area contributed by atoms with Crippen molar-refractivity contribution >= 4 is 35.6 Å². The minimum atomic E-state index is -0.558. The van der Waals surface area contributed by atoms with Gasteiger partial charge in [-0.15, -0.1) is 0 Å². The Morgan fingerprint density at radius 1 is 1.15 bits per heavy atom. The molecule has 3 amide bonds. The van der Waals surface area contributed by atoms with Crippen LogP contribution in [0.4, 0.5) is 16.7 Å². The highest BCUT2D eigenvalue weighted by Crippen LogP contribution is 2.13. The van der Waals surface area contributed by atoms with E-state index < -0.39 is 17.5 Å². The van der Waals surface area contributed by atoms with E-state index in [1.807, 2.05) is 20.8 Å². The quantitative estimate of drug-likeness (QED) is 0.558. The Balaban J connectivity index is 2.45. The van der Waals surface area contributed by atoms with Gasteiger partial charge in [0.05, 0.1) is 5.75 Å². The van der Waals surface area contributed by atoms with E-state index in [0.29, 0.717) is 0 Å². The summed E-state index contributed by atoms with van der Waals surface area (Å²) >= 11 is 1.00. The molecule has 0 aromatic carbocycles. The molecule has 0 saturated carbocycles. The number of aromatic nitrogens is 3. The number of rotatable bonds is 3.